The maximum absolute atomic E-state index is 13.5. The molecule has 6 nitrogen and oxygen atoms in total. The number of cyclic esters (lactones) is 1. The van der Waals surface area contributed by atoms with Crippen molar-refractivity contribution in [2.45, 2.75) is 77.4 Å². The summed E-state index contributed by atoms with van der Waals surface area (Å²) < 4.78 is 92.1. The number of aryl methyl sites for hydroxylation is 1. The van der Waals surface area contributed by atoms with Crippen LogP contribution in [0.15, 0.2) is 42.0 Å². The summed E-state index contributed by atoms with van der Waals surface area (Å²) in [5, 5.41) is 9.12. The summed E-state index contributed by atoms with van der Waals surface area (Å²) in [7, 11) is 1.51. The second-order valence-electron chi connectivity index (χ2n) is 11.9. The molecule has 1 heterocycles. The van der Waals surface area contributed by atoms with Crippen LogP contribution in [0.1, 0.15) is 80.4 Å². The van der Waals surface area contributed by atoms with Crippen LogP contribution in [0.5, 0.6) is 5.75 Å². The number of carbonyl (C=O) groups excluding carboxylic acids is 1. The standard InChI is InChI=1S/C31H33F6NO5/c1-17-27(19-12-21(30(32,33)34)14-22(13-19)31(35,36)37)43-28(41)38(17)16-20-15-29(2,3)10-9-23(20)24-11-18(6-8-26(39)40)5-7-25(24)42-4/h5,7,11-14,17,27H,6,8-10,15-16H2,1-4H3,(H,39,40)/t17-,27-/m0/s1. The first-order valence-corrected chi connectivity index (χ1v) is 13.8. The Bertz CT molecular complexity index is 1400. The highest BCUT2D eigenvalue weighted by Gasteiger charge is 2.44. The fraction of sp³-hybridized carbons (Fsp3) is 0.484. The van der Waals surface area contributed by atoms with Crippen molar-refractivity contribution < 1.29 is 50.5 Å². The molecule has 2 aromatic carbocycles. The Hall–Kier alpha value is -3.70. The summed E-state index contributed by atoms with van der Waals surface area (Å²) >= 11 is 0. The molecule has 1 amide bonds. The molecule has 43 heavy (non-hydrogen) atoms. The van der Waals surface area contributed by atoms with Gasteiger partial charge in [0.1, 0.15) is 11.9 Å². The minimum atomic E-state index is -5.03. The Morgan fingerprint density at radius 2 is 1.70 bits per heavy atom. The molecule has 0 spiro atoms. The molecule has 2 aliphatic rings. The first-order chi connectivity index (χ1) is 19.9. The van der Waals surface area contributed by atoms with Gasteiger partial charge in [-0.2, -0.15) is 26.3 Å². The third-order valence-corrected chi connectivity index (χ3v) is 8.08. The molecule has 2 aromatic rings. The Kier molecular flexibility index (Phi) is 8.82. The summed E-state index contributed by atoms with van der Waals surface area (Å²) in [6, 6.07) is 5.76. The number of amides is 1. The minimum absolute atomic E-state index is 0.0435. The molecule has 1 N–H and O–H groups in total. The molecule has 0 bridgehead atoms. The molecule has 0 unspecified atom stereocenters. The molecule has 1 aliphatic carbocycles. The van der Waals surface area contributed by atoms with E-state index in [1.165, 1.54) is 18.9 Å². The molecular weight excluding hydrogens is 580 g/mol. The number of aliphatic carboxylic acids is 1. The lowest BCUT2D eigenvalue weighted by molar-refractivity contribution is -0.143. The number of allylic oxidation sites excluding steroid dienone is 1. The highest BCUT2D eigenvalue weighted by molar-refractivity contribution is 5.77. The van der Waals surface area contributed by atoms with E-state index in [0.29, 0.717) is 37.1 Å². The highest BCUT2D eigenvalue weighted by Crippen LogP contribution is 2.46. The number of rotatable bonds is 8. The van der Waals surface area contributed by atoms with Crippen molar-refractivity contribution in [3.8, 4) is 5.75 Å². The lowest BCUT2D eigenvalue weighted by Crippen LogP contribution is -2.35. The Balaban J connectivity index is 1.73. The van der Waals surface area contributed by atoms with Gasteiger partial charge in [-0.25, -0.2) is 4.79 Å². The van der Waals surface area contributed by atoms with Crippen LogP contribution in [0.2, 0.25) is 0 Å². The number of hydrogen-bond acceptors (Lipinski definition) is 4. The first kappa shape index (κ1) is 32.2. The number of alkyl halides is 6. The average molecular weight is 614 g/mol. The molecule has 1 fully saturated rings. The van der Waals surface area contributed by atoms with E-state index in [0.717, 1.165) is 28.7 Å². The number of benzene rings is 2. The van der Waals surface area contributed by atoms with Crippen LogP contribution in [0.3, 0.4) is 0 Å². The zero-order valence-electron chi connectivity index (χ0n) is 24.2. The highest BCUT2D eigenvalue weighted by atomic mass is 19.4. The number of halogens is 6. The van der Waals surface area contributed by atoms with Gasteiger partial charge in [0, 0.05) is 18.5 Å². The molecule has 1 aliphatic heterocycles. The number of ether oxygens (including phenoxy) is 2. The predicted molar refractivity (Wildman–Crippen MR) is 145 cm³/mol. The Morgan fingerprint density at radius 1 is 1.07 bits per heavy atom. The molecule has 234 valence electrons. The zero-order chi connectivity index (χ0) is 31.9. The number of carboxylic acids is 1. The lowest BCUT2D eigenvalue weighted by Gasteiger charge is -2.36. The van der Waals surface area contributed by atoms with Crippen molar-refractivity contribution >= 4 is 17.6 Å². The topological polar surface area (TPSA) is 76.1 Å². The summed E-state index contributed by atoms with van der Waals surface area (Å²) in [5.74, 6) is -0.374. The van der Waals surface area contributed by atoms with Crippen molar-refractivity contribution in [1.29, 1.82) is 0 Å². The SMILES string of the molecule is COc1ccc(CCC(=O)O)cc1C1=C(CN2C(=O)O[C@H](c3cc(C(F)(F)F)cc(C(F)(F)F)c3)[C@@H]2C)CC(C)(C)CC1. The summed E-state index contributed by atoms with van der Waals surface area (Å²) in [6.07, 6.45) is -10.0. The monoisotopic (exact) mass is 613 g/mol. The van der Waals surface area contributed by atoms with Crippen LogP contribution in [0.4, 0.5) is 31.1 Å². The van der Waals surface area contributed by atoms with Crippen molar-refractivity contribution in [2.75, 3.05) is 13.7 Å². The first-order valence-electron chi connectivity index (χ1n) is 13.8. The van der Waals surface area contributed by atoms with Gasteiger partial charge in [0.2, 0.25) is 0 Å². The molecule has 1 saturated heterocycles. The third-order valence-electron chi connectivity index (χ3n) is 8.08. The zero-order valence-corrected chi connectivity index (χ0v) is 24.2. The van der Waals surface area contributed by atoms with Gasteiger partial charge in [0.25, 0.3) is 0 Å². The number of hydrogen-bond donors (Lipinski definition) is 1. The van der Waals surface area contributed by atoms with Gasteiger partial charge in [-0.3, -0.25) is 9.69 Å². The van der Waals surface area contributed by atoms with E-state index >= 15 is 0 Å². The second kappa shape index (κ2) is 11.8. The van der Waals surface area contributed by atoms with Crippen LogP contribution >= 0.6 is 0 Å². The molecule has 2 atom stereocenters. The van der Waals surface area contributed by atoms with E-state index in [1.54, 1.807) is 12.1 Å². The summed E-state index contributed by atoms with van der Waals surface area (Å²) in [4.78, 5) is 25.6. The van der Waals surface area contributed by atoms with E-state index < -0.39 is 53.3 Å². The number of methoxy groups -OCH3 is 1. The van der Waals surface area contributed by atoms with Gasteiger partial charge < -0.3 is 14.6 Å². The molecule has 12 heteroatoms. The van der Waals surface area contributed by atoms with E-state index in [1.807, 2.05) is 6.07 Å². The Labute approximate surface area is 245 Å². The molecule has 0 saturated carbocycles. The Morgan fingerprint density at radius 3 is 2.26 bits per heavy atom. The van der Waals surface area contributed by atoms with Gasteiger partial charge in [0.05, 0.1) is 24.3 Å². The van der Waals surface area contributed by atoms with Crippen LogP contribution in [0.25, 0.3) is 5.57 Å². The smallest absolute Gasteiger partial charge is 0.416 e. The predicted octanol–water partition coefficient (Wildman–Crippen LogP) is 8.30. The molecular formula is C31H33F6NO5. The van der Waals surface area contributed by atoms with Crippen LogP contribution in [-0.4, -0.2) is 41.8 Å². The van der Waals surface area contributed by atoms with Gasteiger partial charge in [-0.15, -0.1) is 0 Å². The van der Waals surface area contributed by atoms with Gasteiger partial charge in [-0.1, -0.05) is 19.9 Å². The van der Waals surface area contributed by atoms with Crippen LogP contribution < -0.4 is 4.74 Å². The normalized spacial score (nSPS) is 20.8. The number of carboxylic acid groups (broad SMARTS) is 1. The minimum Gasteiger partial charge on any atom is -0.496 e. The lowest BCUT2D eigenvalue weighted by atomic mass is 9.72. The largest absolute Gasteiger partial charge is 0.496 e. The van der Waals surface area contributed by atoms with Crippen LogP contribution in [-0.2, 0) is 28.3 Å². The van der Waals surface area contributed by atoms with Gasteiger partial charge in [-0.05, 0) is 90.6 Å². The van der Waals surface area contributed by atoms with Crippen molar-refractivity contribution in [3.63, 3.8) is 0 Å². The summed E-state index contributed by atoms with van der Waals surface area (Å²) in [5.41, 5.74) is -0.210. The van der Waals surface area contributed by atoms with E-state index in [2.05, 4.69) is 13.8 Å². The van der Waals surface area contributed by atoms with Crippen molar-refractivity contribution in [3.05, 3.63) is 69.8 Å². The maximum Gasteiger partial charge on any atom is 0.416 e. The van der Waals surface area contributed by atoms with Gasteiger partial charge >= 0.3 is 24.4 Å². The van der Waals surface area contributed by atoms with Crippen molar-refractivity contribution in [1.82, 2.24) is 4.90 Å². The molecule has 0 aromatic heterocycles. The third kappa shape index (κ3) is 7.27. The molecule has 0 radical (unpaired) electrons. The maximum atomic E-state index is 13.5. The second-order valence-corrected chi connectivity index (χ2v) is 11.9. The quantitative estimate of drug-likeness (QED) is 0.303. The fourth-order valence-corrected chi connectivity index (χ4v) is 5.80. The fourth-order valence-electron chi connectivity index (χ4n) is 5.80. The van der Waals surface area contributed by atoms with E-state index in [-0.39, 0.29) is 24.4 Å². The summed E-state index contributed by atoms with van der Waals surface area (Å²) in [6.45, 7) is 5.72. The average Bonchev–Trinajstić information content (AvgIpc) is 3.18. The van der Waals surface area contributed by atoms with E-state index in [9.17, 15) is 35.9 Å². The van der Waals surface area contributed by atoms with Crippen LogP contribution in [0, 0.1) is 5.41 Å². The van der Waals surface area contributed by atoms with Gasteiger partial charge in [0.15, 0.2) is 0 Å². The van der Waals surface area contributed by atoms with Crippen molar-refractivity contribution in [2.24, 2.45) is 5.41 Å². The molecule has 4 rings (SSSR count). The van der Waals surface area contributed by atoms with E-state index in [4.69, 9.17) is 14.6 Å². The number of carbonyl (C=O) groups is 2. The number of nitrogens with zero attached hydrogens (tertiary/aromatic N) is 1.